The summed E-state index contributed by atoms with van der Waals surface area (Å²) < 4.78 is 5.38. The highest BCUT2D eigenvalue weighted by Gasteiger charge is 2.14. The average molecular weight is 230 g/mol. The molecule has 0 unspecified atom stereocenters. The molecule has 0 atom stereocenters. The molecule has 1 aromatic carbocycles. The van der Waals surface area contributed by atoms with Crippen LogP contribution in [-0.2, 0) is 16.0 Å². The predicted molar refractivity (Wildman–Crippen MR) is 67.9 cm³/mol. The van der Waals surface area contributed by atoms with Gasteiger partial charge in [-0.1, -0.05) is 29.3 Å². The first kappa shape index (κ1) is 11.9. The van der Waals surface area contributed by atoms with Crippen LogP contribution in [0.4, 0.5) is 0 Å². The Kier molecular flexibility index (Phi) is 3.62. The van der Waals surface area contributed by atoms with Gasteiger partial charge in [-0.2, -0.15) is 0 Å². The number of ether oxygens (including phenoxy) is 1. The summed E-state index contributed by atoms with van der Waals surface area (Å²) in [7, 11) is 0. The van der Waals surface area contributed by atoms with Gasteiger partial charge < -0.3 is 4.74 Å². The van der Waals surface area contributed by atoms with Gasteiger partial charge in [0.15, 0.2) is 5.76 Å². The minimum atomic E-state index is 0.0923. The van der Waals surface area contributed by atoms with Gasteiger partial charge in [0.05, 0.1) is 6.61 Å². The number of Topliss-reactive ketones (excluding diaryl/α,β-unsaturated/α-hetero) is 1. The van der Waals surface area contributed by atoms with E-state index in [1.807, 2.05) is 6.08 Å². The van der Waals surface area contributed by atoms with Crippen LogP contribution in [0.1, 0.15) is 29.5 Å². The second kappa shape index (κ2) is 5.17. The maximum Gasteiger partial charge on any atom is 0.201 e. The molecule has 0 radical (unpaired) electrons. The molecular weight excluding hydrogens is 212 g/mol. The van der Waals surface area contributed by atoms with E-state index in [-0.39, 0.29) is 5.78 Å². The van der Waals surface area contributed by atoms with E-state index in [9.17, 15) is 4.79 Å². The van der Waals surface area contributed by atoms with E-state index in [1.165, 1.54) is 11.1 Å². The summed E-state index contributed by atoms with van der Waals surface area (Å²) in [5.41, 5.74) is 3.47. The highest BCUT2D eigenvalue weighted by atomic mass is 16.5. The summed E-state index contributed by atoms with van der Waals surface area (Å²) >= 11 is 0. The van der Waals surface area contributed by atoms with E-state index in [1.54, 1.807) is 0 Å². The van der Waals surface area contributed by atoms with E-state index in [0.717, 1.165) is 18.4 Å². The van der Waals surface area contributed by atoms with Crippen molar-refractivity contribution in [2.75, 3.05) is 6.61 Å². The lowest BCUT2D eigenvalue weighted by Crippen LogP contribution is -2.13. The maximum atomic E-state index is 12.0. The molecule has 0 saturated carbocycles. The Labute approximate surface area is 102 Å². The van der Waals surface area contributed by atoms with E-state index >= 15 is 0 Å². The van der Waals surface area contributed by atoms with Gasteiger partial charge in [0.25, 0.3) is 0 Å². The zero-order valence-electron chi connectivity index (χ0n) is 10.5. The Morgan fingerprint density at radius 2 is 1.94 bits per heavy atom. The Balaban J connectivity index is 2.09. The normalized spacial score (nSPS) is 15.1. The quantitative estimate of drug-likeness (QED) is 0.797. The molecule has 1 aliphatic rings. The van der Waals surface area contributed by atoms with E-state index in [0.29, 0.717) is 18.8 Å². The lowest BCUT2D eigenvalue weighted by Gasteiger charge is -2.14. The minimum absolute atomic E-state index is 0.0923. The Bertz CT molecular complexity index is 438. The fourth-order valence-corrected chi connectivity index (χ4v) is 2.20. The molecular formula is C15H18O2. The third kappa shape index (κ3) is 3.19. The van der Waals surface area contributed by atoms with Crippen molar-refractivity contribution in [1.29, 1.82) is 0 Å². The lowest BCUT2D eigenvalue weighted by atomic mass is 10.0. The van der Waals surface area contributed by atoms with Crippen LogP contribution in [0.15, 0.2) is 30.0 Å². The number of carbonyl (C=O) groups is 1. The van der Waals surface area contributed by atoms with Gasteiger partial charge >= 0.3 is 0 Å². The number of hydrogen-bond donors (Lipinski definition) is 0. The molecule has 0 N–H and O–H groups in total. The molecule has 17 heavy (non-hydrogen) atoms. The fraction of sp³-hybridized carbons (Fsp3) is 0.400. The maximum absolute atomic E-state index is 12.0. The van der Waals surface area contributed by atoms with Crippen molar-refractivity contribution in [3.8, 4) is 0 Å². The number of carbonyl (C=O) groups excluding carboxylic acids is 1. The molecule has 0 amide bonds. The molecule has 2 rings (SSSR count). The van der Waals surface area contributed by atoms with Crippen molar-refractivity contribution in [1.82, 2.24) is 0 Å². The second-order valence-electron chi connectivity index (χ2n) is 4.65. The smallest absolute Gasteiger partial charge is 0.201 e. The van der Waals surface area contributed by atoms with Crippen LogP contribution in [0.5, 0.6) is 0 Å². The van der Waals surface area contributed by atoms with Crippen LogP contribution in [0, 0.1) is 13.8 Å². The van der Waals surface area contributed by atoms with Crippen molar-refractivity contribution in [2.45, 2.75) is 33.1 Å². The molecule has 0 spiro atoms. The van der Waals surface area contributed by atoms with E-state index < -0.39 is 0 Å². The van der Waals surface area contributed by atoms with Gasteiger partial charge in [0, 0.05) is 6.42 Å². The Morgan fingerprint density at radius 1 is 1.24 bits per heavy atom. The van der Waals surface area contributed by atoms with Gasteiger partial charge in [-0.15, -0.1) is 0 Å². The molecule has 0 bridgehead atoms. The van der Waals surface area contributed by atoms with Gasteiger partial charge in [-0.3, -0.25) is 4.79 Å². The number of aryl methyl sites for hydroxylation is 2. The van der Waals surface area contributed by atoms with Crippen molar-refractivity contribution < 1.29 is 9.53 Å². The first-order valence-corrected chi connectivity index (χ1v) is 6.08. The number of benzene rings is 1. The van der Waals surface area contributed by atoms with Crippen molar-refractivity contribution >= 4 is 5.78 Å². The van der Waals surface area contributed by atoms with Gasteiger partial charge in [0.1, 0.15) is 0 Å². The van der Waals surface area contributed by atoms with Crippen LogP contribution in [-0.4, -0.2) is 12.4 Å². The predicted octanol–water partition coefficient (Wildman–Crippen LogP) is 3.11. The molecule has 2 heteroatoms. The molecule has 1 heterocycles. The van der Waals surface area contributed by atoms with E-state index in [2.05, 4.69) is 32.0 Å². The van der Waals surface area contributed by atoms with Crippen LogP contribution in [0.3, 0.4) is 0 Å². The van der Waals surface area contributed by atoms with Crippen molar-refractivity contribution in [3.05, 3.63) is 46.7 Å². The van der Waals surface area contributed by atoms with Gasteiger partial charge in [0.2, 0.25) is 5.78 Å². The first-order valence-electron chi connectivity index (χ1n) is 6.08. The third-order valence-electron chi connectivity index (χ3n) is 2.86. The highest BCUT2D eigenvalue weighted by molar-refractivity contribution is 5.95. The molecule has 90 valence electrons. The topological polar surface area (TPSA) is 26.3 Å². The number of hydrogen-bond acceptors (Lipinski definition) is 2. The molecule has 0 saturated heterocycles. The number of rotatable bonds is 3. The largest absolute Gasteiger partial charge is 0.490 e. The zero-order chi connectivity index (χ0) is 12.3. The number of ketones is 1. The summed E-state index contributed by atoms with van der Waals surface area (Å²) in [5, 5.41) is 0. The number of allylic oxidation sites excluding steroid dienone is 2. The summed E-state index contributed by atoms with van der Waals surface area (Å²) in [6.07, 6.45) is 4.32. The van der Waals surface area contributed by atoms with Crippen molar-refractivity contribution in [3.63, 3.8) is 0 Å². The summed E-state index contributed by atoms with van der Waals surface area (Å²) in [4.78, 5) is 12.0. The first-order chi connectivity index (χ1) is 8.15. The minimum Gasteiger partial charge on any atom is -0.490 e. The Morgan fingerprint density at radius 3 is 2.53 bits per heavy atom. The third-order valence-corrected chi connectivity index (χ3v) is 2.86. The molecule has 1 aromatic rings. The summed E-state index contributed by atoms with van der Waals surface area (Å²) in [6.45, 7) is 4.78. The molecule has 0 aromatic heterocycles. The SMILES string of the molecule is Cc1cc(C)cc(CC(=O)C2=CCCCO2)c1. The molecule has 0 fully saturated rings. The molecule has 2 nitrogen and oxygen atoms in total. The summed E-state index contributed by atoms with van der Waals surface area (Å²) in [5.74, 6) is 0.644. The fourth-order valence-electron chi connectivity index (χ4n) is 2.20. The average Bonchev–Trinajstić information content (AvgIpc) is 2.28. The summed E-state index contributed by atoms with van der Waals surface area (Å²) in [6, 6.07) is 6.24. The standard InChI is InChI=1S/C15H18O2/c1-11-7-12(2)9-13(8-11)10-14(16)15-5-3-4-6-17-15/h5,7-9H,3-4,6,10H2,1-2H3. The monoisotopic (exact) mass is 230 g/mol. The molecule has 1 aliphatic heterocycles. The van der Waals surface area contributed by atoms with Gasteiger partial charge in [-0.05, 0) is 38.3 Å². The molecule has 0 aliphatic carbocycles. The highest BCUT2D eigenvalue weighted by Crippen LogP contribution is 2.15. The lowest BCUT2D eigenvalue weighted by molar-refractivity contribution is -0.118. The Hall–Kier alpha value is -1.57. The van der Waals surface area contributed by atoms with Crippen molar-refractivity contribution in [2.24, 2.45) is 0 Å². The van der Waals surface area contributed by atoms with Crippen LogP contribution in [0.25, 0.3) is 0 Å². The van der Waals surface area contributed by atoms with E-state index in [4.69, 9.17) is 4.74 Å². The zero-order valence-corrected chi connectivity index (χ0v) is 10.5. The van der Waals surface area contributed by atoms with Crippen LogP contribution >= 0.6 is 0 Å². The second-order valence-corrected chi connectivity index (χ2v) is 4.65. The van der Waals surface area contributed by atoms with Gasteiger partial charge in [-0.25, -0.2) is 0 Å². The van der Waals surface area contributed by atoms with Crippen LogP contribution < -0.4 is 0 Å². The van der Waals surface area contributed by atoms with Crippen LogP contribution in [0.2, 0.25) is 0 Å².